The van der Waals surface area contributed by atoms with E-state index in [1.54, 1.807) is 14.2 Å². The minimum atomic E-state index is -0.269. The molecule has 8 heteroatoms. The van der Waals surface area contributed by atoms with Gasteiger partial charge in [0.25, 0.3) is 0 Å². The number of benzene rings is 1. The molecule has 164 valence electrons. The Labute approximate surface area is 182 Å². The van der Waals surface area contributed by atoms with E-state index >= 15 is 0 Å². The maximum atomic E-state index is 12.7. The van der Waals surface area contributed by atoms with E-state index in [1.807, 2.05) is 32.0 Å². The molecular formula is C22H31N3O4S. The Morgan fingerprint density at radius 2 is 2.10 bits per heavy atom. The van der Waals surface area contributed by atoms with Crippen LogP contribution in [0.4, 0.5) is 0 Å². The van der Waals surface area contributed by atoms with Gasteiger partial charge < -0.3 is 24.1 Å². The molecule has 1 aliphatic heterocycles. The first-order chi connectivity index (χ1) is 14.4. The van der Waals surface area contributed by atoms with E-state index in [9.17, 15) is 4.79 Å². The topological polar surface area (TPSA) is 74.6 Å². The van der Waals surface area contributed by atoms with Crippen molar-refractivity contribution < 1.29 is 19.0 Å². The molecule has 0 radical (unpaired) electrons. The van der Waals surface area contributed by atoms with Crippen molar-refractivity contribution in [3.63, 3.8) is 0 Å². The molecule has 0 aliphatic carbocycles. The molecule has 2 atom stereocenters. The summed E-state index contributed by atoms with van der Waals surface area (Å²) in [6, 6.07) is 5.63. The molecule has 1 N–H and O–H groups in total. The monoisotopic (exact) mass is 433 g/mol. The third-order valence-corrected chi connectivity index (χ3v) is 6.49. The van der Waals surface area contributed by atoms with Crippen LogP contribution in [0.3, 0.4) is 0 Å². The number of ether oxygens (including phenoxy) is 3. The maximum absolute atomic E-state index is 12.7. The van der Waals surface area contributed by atoms with Crippen molar-refractivity contribution in [2.75, 3.05) is 20.8 Å². The Hall–Kier alpha value is -2.19. The summed E-state index contributed by atoms with van der Waals surface area (Å²) >= 11 is 1.49. The van der Waals surface area contributed by atoms with Crippen molar-refractivity contribution in [3.8, 4) is 11.5 Å². The van der Waals surface area contributed by atoms with Gasteiger partial charge in [-0.05, 0) is 51.3 Å². The van der Waals surface area contributed by atoms with Gasteiger partial charge in [-0.2, -0.15) is 0 Å². The summed E-state index contributed by atoms with van der Waals surface area (Å²) < 4.78 is 18.6. The fourth-order valence-corrected chi connectivity index (χ4v) is 4.49. The second kappa shape index (κ2) is 10.2. The summed E-state index contributed by atoms with van der Waals surface area (Å²) in [5, 5.41) is 3.60. The number of hydrogen-bond acceptors (Lipinski definition) is 6. The number of rotatable bonds is 9. The molecular weight excluding hydrogens is 402 g/mol. The molecule has 1 aromatic carbocycles. The van der Waals surface area contributed by atoms with Gasteiger partial charge in [0.1, 0.15) is 0 Å². The van der Waals surface area contributed by atoms with Crippen LogP contribution in [0.15, 0.2) is 23.4 Å². The summed E-state index contributed by atoms with van der Waals surface area (Å²) in [6.07, 6.45) is 2.41. The Kier molecular flexibility index (Phi) is 7.66. The molecule has 1 fully saturated rings. The van der Waals surface area contributed by atoms with Crippen molar-refractivity contribution in [2.24, 2.45) is 0 Å². The van der Waals surface area contributed by atoms with Gasteiger partial charge in [0.2, 0.25) is 5.91 Å². The molecule has 7 nitrogen and oxygen atoms in total. The highest BCUT2D eigenvalue weighted by molar-refractivity contribution is 8.00. The van der Waals surface area contributed by atoms with Crippen LogP contribution in [-0.2, 0) is 22.6 Å². The molecule has 0 unspecified atom stereocenters. The van der Waals surface area contributed by atoms with Crippen LogP contribution < -0.4 is 14.8 Å². The number of thioether (sulfide) groups is 1. The van der Waals surface area contributed by atoms with E-state index < -0.39 is 0 Å². The highest BCUT2D eigenvalue weighted by Crippen LogP contribution is 2.29. The Morgan fingerprint density at radius 3 is 2.77 bits per heavy atom. The van der Waals surface area contributed by atoms with Crippen LogP contribution in [0.1, 0.15) is 36.7 Å². The Bertz CT molecular complexity index is 878. The predicted octanol–water partition coefficient (Wildman–Crippen LogP) is 3.49. The van der Waals surface area contributed by atoms with Crippen molar-refractivity contribution >= 4 is 17.7 Å². The van der Waals surface area contributed by atoms with Gasteiger partial charge in [0.15, 0.2) is 16.7 Å². The van der Waals surface area contributed by atoms with Crippen LogP contribution in [0, 0.1) is 13.8 Å². The second-order valence-corrected chi connectivity index (χ2v) is 8.79. The fourth-order valence-electron chi connectivity index (χ4n) is 3.46. The minimum Gasteiger partial charge on any atom is -0.493 e. The summed E-state index contributed by atoms with van der Waals surface area (Å²) in [7, 11) is 3.20. The number of amides is 1. The van der Waals surface area contributed by atoms with E-state index in [2.05, 4.69) is 16.8 Å². The molecule has 1 aromatic heterocycles. The minimum absolute atomic E-state index is 0.0308. The molecule has 0 bridgehead atoms. The van der Waals surface area contributed by atoms with Gasteiger partial charge in [0, 0.05) is 18.8 Å². The number of aromatic nitrogens is 2. The van der Waals surface area contributed by atoms with E-state index in [0.717, 1.165) is 48.1 Å². The molecule has 1 saturated heterocycles. The number of methoxy groups -OCH3 is 2. The SMILES string of the molecule is COc1ccc(CNC(=O)[C@H](C)Sc2nc(C)c(C)n2C[C@H]2CCCO2)cc1OC. The number of nitrogens with zero attached hydrogens (tertiary/aromatic N) is 2. The number of carbonyl (C=O) groups is 1. The zero-order chi connectivity index (χ0) is 21.7. The van der Waals surface area contributed by atoms with Gasteiger partial charge in [-0.3, -0.25) is 4.79 Å². The van der Waals surface area contributed by atoms with Crippen molar-refractivity contribution in [1.82, 2.24) is 14.9 Å². The van der Waals surface area contributed by atoms with E-state index in [0.29, 0.717) is 18.0 Å². The van der Waals surface area contributed by atoms with Crippen LogP contribution in [0.25, 0.3) is 0 Å². The van der Waals surface area contributed by atoms with E-state index in [1.165, 1.54) is 11.8 Å². The Morgan fingerprint density at radius 1 is 1.33 bits per heavy atom. The average molecular weight is 434 g/mol. The molecule has 30 heavy (non-hydrogen) atoms. The lowest BCUT2D eigenvalue weighted by atomic mass is 10.2. The van der Waals surface area contributed by atoms with Gasteiger partial charge >= 0.3 is 0 Å². The first-order valence-corrected chi connectivity index (χ1v) is 11.1. The van der Waals surface area contributed by atoms with E-state index in [4.69, 9.17) is 19.2 Å². The average Bonchev–Trinajstić information content (AvgIpc) is 3.35. The zero-order valence-electron chi connectivity index (χ0n) is 18.4. The van der Waals surface area contributed by atoms with Gasteiger partial charge in [-0.25, -0.2) is 4.98 Å². The third-order valence-electron chi connectivity index (χ3n) is 5.40. The number of nitrogens with one attached hydrogen (secondary N) is 1. The van der Waals surface area contributed by atoms with Gasteiger partial charge in [-0.1, -0.05) is 17.8 Å². The summed E-state index contributed by atoms with van der Waals surface area (Å²) in [6.45, 7) is 8.02. The third kappa shape index (κ3) is 5.29. The lowest BCUT2D eigenvalue weighted by Crippen LogP contribution is -2.30. The normalized spacial score (nSPS) is 17.0. The molecule has 0 saturated carbocycles. The Balaban J connectivity index is 1.61. The van der Waals surface area contributed by atoms with Crippen molar-refractivity contribution in [2.45, 2.75) is 63.2 Å². The van der Waals surface area contributed by atoms with Gasteiger partial charge in [0.05, 0.1) is 37.8 Å². The van der Waals surface area contributed by atoms with Crippen LogP contribution >= 0.6 is 11.8 Å². The standard InChI is InChI=1S/C22H31N3O4S/c1-14-15(2)25(13-18-7-6-10-29-18)22(24-14)30-16(3)21(26)23-12-17-8-9-19(27-4)20(11-17)28-5/h8-9,11,16,18H,6-7,10,12-13H2,1-5H3,(H,23,26)/t16-,18+/m0/s1. The highest BCUT2D eigenvalue weighted by Gasteiger charge is 2.23. The number of carbonyl (C=O) groups excluding carboxylic acids is 1. The van der Waals surface area contributed by atoms with Crippen LogP contribution in [0.5, 0.6) is 11.5 Å². The molecule has 2 aromatic rings. The number of imidazole rings is 1. The molecule has 1 aliphatic rings. The quantitative estimate of drug-likeness (QED) is 0.610. The predicted molar refractivity (Wildman–Crippen MR) is 117 cm³/mol. The van der Waals surface area contributed by atoms with Crippen molar-refractivity contribution in [1.29, 1.82) is 0 Å². The molecule has 1 amide bonds. The maximum Gasteiger partial charge on any atom is 0.233 e. The first-order valence-electron chi connectivity index (χ1n) is 10.2. The fraction of sp³-hybridized carbons (Fsp3) is 0.545. The second-order valence-electron chi connectivity index (χ2n) is 7.48. The highest BCUT2D eigenvalue weighted by atomic mass is 32.2. The lowest BCUT2D eigenvalue weighted by Gasteiger charge is -2.17. The van der Waals surface area contributed by atoms with Crippen LogP contribution in [0.2, 0.25) is 0 Å². The summed E-state index contributed by atoms with van der Waals surface area (Å²) in [5.74, 6) is 1.28. The van der Waals surface area contributed by atoms with Crippen molar-refractivity contribution in [3.05, 3.63) is 35.2 Å². The summed E-state index contributed by atoms with van der Waals surface area (Å²) in [4.78, 5) is 17.4. The number of hydrogen-bond donors (Lipinski definition) is 1. The zero-order valence-corrected chi connectivity index (χ0v) is 19.2. The molecule has 0 spiro atoms. The van der Waals surface area contributed by atoms with Crippen LogP contribution in [-0.4, -0.2) is 47.6 Å². The molecule has 3 rings (SSSR count). The number of aryl methyl sites for hydroxylation is 1. The van der Waals surface area contributed by atoms with Gasteiger partial charge in [-0.15, -0.1) is 0 Å². The first kappa shape index (κ1) is 22.5. The molecule has 2 heterocycles. The summed E-state index contributed by atoms with van der Waals surface area (Å²) in [5.41, 5.74) is 3.07. The lowest BCUT2D eigenvalue weighted by molar-refractivity contribution is -0.120. The van der Waals surface area contributed by atoms with E-state index in [-0.39, 0.29) is 17.3 Å². The smallest absolute Gasteiger partial charge is 0.233 e. The largest absolute Gasteiger partial charge is 0.493 e.